The van der Waals surface area contributed by atoms with Gasteiger partial charge in [0.1, 0.15) is 11.2 Å². The maximum Gasteiger partial charge on any atom is 0.401 e. The van der Waals surface area contributed by atoms with E-state index in [0.29, 0.717) is 25.7 Å². The summed E-state index contributed by atoms with van der Waals surface area (Å²) in [6.45, 7) is 5.38. The van der Waals surface area contributed by atoms with Gasteiger partial charge >= 0.3 is 6.18 Å². The van der Waals surface area contributed by atoms with Gasteiger partial charge in [-0.25, -0.2) is 0 Å². The number of hydrogen-bond acceptors (Lipinski definition) is 2. The summed E-state index contributed by atoms with van der Waals surface area (Å²) in [5.41, 5.74) is -2.99. The molecule has 5 heteroatoms. The van der Waals surface area contributed by atoms with Crippen LogP contribution >= 0.6 is 0 Å². The summed E-state index contributed by atoms with van der Waals surface area (Å²) in [5, 5.41) is 0. The van der Waals surface area contributed by atoms with Gasteiger partial charge in [0.15, 0.2) is 5.78 Å². The molecule has 0 heterocycles. The Labute approximate surface area is 124 Å². The number of Topliss-reactive ketones (excluding diaryl/α,β-unsaturated/α-hetero) is 2. The molecule has 2 nitrogen and oxygen atoms in total. The second-order valence-corrected chi connectivity index (χ2v) is 6.43. The number of carbonyl (C=O) groups excluding carboxylic acids is 2. The molecule has 0 saturated heterocycles. The molecule has 0 N–H and O–H groups in total. The molecular formula is C16H25F3O2. The molecule has 1 aliphatic rings. The molecule has 122 valence electrons. The van der Waals surface area contributed by atoms with E-state index in [1.165, 1.54) is 0 Å². The number of hydrogen-bond donors (Lipinski definition) is 0. The zero-order valence-electron chi connectivity index (χ0n) is 13.1. The van der Waals surface area contributed by atoms with Gasteiger partial charge in [-0.15, -0.1) is 0 Å². The van der Waals surface area contributed by atoms with Crippen molar-refractivity contribution in [3.63, 3.8) is 0 Å². The van der Waals surface area contributed by atoms with Gasteiger partial charge in [-0.3, -0.25) is 9.59 Å². The number of carbonyl (C=O) groups is 2. The van der Waals surface area contributed by atoms with Crippen molar-refractivity contribution < 1.29 is 22.8 Å². The van der Waals surface area contributed by atoms with Crippen LogP contribution in [0.1, 0.15) is 72.1 Å². The van der Waals surface area contributed by atoms with E-state index in [1.807, 2.05) is 13.8 Å². The third kappa shape index (κ3) is 3.49. The first kappa shape index (κ1) is 18.2. The van der Waals surface area contributed by atoms with Gasteiger partial charge in [0, 0.05) is 5.41 Å². The Hall–Kier alpha value is -0.870. The Morgan fingerprint density at radius 2 is 1.48 bits per heavy atom. The van der Waals surface area contributed by atoms with E-state index in [-0.39, 0.29) is 18.6 Å². The van der Waals surface area contributed by atoms with Crippen molar-refractivity contribution in [2.24, 2.45) is 10.8 Å². The van der Waals surface area contributed by atoms with Gasteiger partial charge in [-0.2, -0.15) is 13.2 Å². The summed E-state index contributed by atoms with van der Waals surface area (Å²) in [4.78, 5) is 24.6. The smallest absolute Gasteiger partial charge is 0.299 e. The lowest BCUT2D eigenvalue weighted by Crippen LogP contribution is -2.48. The minimum Gasteiger partial charge on any atom is -0.299 e. The Morgan fingerprint density at radius 1 is 1.00 bits per heavy atom. The van der Waals surface area contributed by atoms with Gasteiger partial charge in [-0.05, 0) is 25.7 Å². The zero-order chi connectivity index (χ0) is 16.3. The maximum atomic E-state index is 13.4. The van der Waals surface area contributed by atoms with Crippen LogP contribution < -0.4 is 0 Å². The quantitative estimate of drug-likeness (QED) is 0.657. The standard InChI is InChI=1S/C16H25F3O2/c1-4-14(3,5-2)12(20)11-13(21)15(16(17,18)19)9-7-6-8-10-15/h4-11H2,1-3H3. The lowest BCUT2D eigenvalue weighted by Gasteiger charge is -2.38. The number of ketones is 2. The second kappa shape index (κ2) is 6.49. The van der Waals surface area contributed by atoms with E-state index in [2.05, 4.69) is 0 Å². The third-order valence-corrected chi connectivity index (χ3v) is 5.34. The van der Waals surface area contributed by atoms with Crippen LogP contribution in [0.4, 0.5) is 13.2 Å². The normalized spacial score (nSPS) is 19.3. The molecule has 1 rings (SSSR count). The van der Waals surface area contributed by atoms with Crippen LogP contribution in [0.2, 0.25) is 0 Å². The van der Waals surface area contributed by atoms with E-state index >= 15 is 0 Å². The van der Waals surface area contributed by atoms with E-state index in [0.717, 1.165) is 6.42 Å². The van der Waals surface area contributed by atoms with Gasteiger partial charge in [0.2, 0.25) is 0 Å². The van der Waals surface area contributed by atoms with Crippen molar-refractivity contribution >= 4 is 11.6 Å². The van der Waals surface area contributed by atoms with Gasteiger partial charge in [0.25, 0.3) is 0 Å². The first-order valence-corrected chi connectivity index (χ1v) is 7.76. The van der Waals surface area contributed by atoms with Crippen LogP contribution in [0.5, 0.6) is 0 Å². The SMILES string of the molecule is CCC(C)(CC)C(=O)CC(=O)C1(C(F)(F)F)CCCCC1. The average Bonchev–Trinajstić information content (AvgIpc) is 2.45. The molecule has 1 saturated carbocycles. The molecule has 1 fully saturated rings. The summed E-state index contributed by atoms with van der Waals surface area (Å²) in [7, 11) is 0. The van der Waals surface area contributed by atoms with E-state index < -0.39 is 29.2 Å². The van der Waals surface area contributed by atoms with E-state index in [4.69, 9.17) is 0 Å². The molecule has 0 unspecified atom stereocenters. The topological polar surface area (TPSA) is 34.1 Å². The van der Waals surface area contributed by atoms with Crippen molar-refractivity contribution in [3.8, 4) is 0 Å². The molecule has 0 aromatic carbocycles. The Morgan fingerprint density at radius 3 is 1.86 bits per heavy atom. The van der Waals surface area contributed by atoms with Crippen LogP contribution in [-0.4, -0.2) is 17.7 Å². The highest BCUT2D eigenvalue weighted by atomic mass is 19.4. The second-order valence-electron chi connectivity index (χ2n) is 6.43. The highest BCUT2D eigenvalue weighted by molar-refractivity contribution is 6.04. The number of halogens is 3. The average molecular weight is 306 g/mol. The summed E-state index contributed by atoms with van der Waals surface area (Å²) in [6.07, 6.45) is -2.88. The number of alkyl halides is 3. The van der Waals surface area contributed by atoms with Crippen LogP contribution in [0.15, 0.2) is 0 Å². The third-order valence-electron chi connectivity index (χ3n) is 5.34. The van der Waals surface area contributed by atoms with Crippen LogP contribution in [-0.2, 0) is 9.59 Å². The molecule has 0 amide bonds. The molecule has 0 bridgehead atoms. The predicted octanol–water partition coefficient (Wildman–Crippen LogP) is 4.85. The first-order chi connectivity index (χ1) is 9.63. The Kier molecular flexibility index (Phi) is 5.62. The van der Waals surface area contributed by atoms with Crippen molar-refractivity contribution in [1.82, 2.24) is 0 Å². The van der Waals surface area contributed by atoms with Crippen LogP contribution in [0.3, 0.4) is 0 Å². The van der Waals surface area contributed by atoms with Crippen molar-refractivity contribution in [1.29, 1.82) is 0 Å². The van der Waals surface area contributed by atoms with Gasteiger partial charge < -0.3 is 0 Å². The Bertz CT molecular complexity index is 389. The van der Waals surface area contributed by atoms with E-state index in [9.17, 15) is 22.8 Å². The van der Waals surface area contributed by atoms with Crippen LogP contribution in [0.25, 0.3) is 0 Å². The molecule has 0 radical (unpaired) electrons. The fraction of sp³-hybridized carbons (Fsp3) is 0.875. The predicted molar refractivity (Wildman–Crippen MR) is 74.9 cm³/mol. The molecule has 21 heavy (non-hydrogen) atoms. The fourth-order valence-electron chi connectivity index (χ4n) is 3.05. The lowest BCUT2D eigenvalue weighted by atomic mass is 9.67. The van der Waals surface area contributed by atoms with Crippen molar-refractivity contribution in [2.45, 2.75) is 78.3 Å². The van der Waals surface area contributed by atoms with Crippen molar-refractivity contribution in [3.05, 3.63) is 0 Å². The van der Waals surface area contributed by atoms with Crippen LogP contribution in [0, 0.1) is 10.8 Å². The van der Waals surface area contributed by atoms with Gasteiger partial charge in [0.05, 0.1) is 6.42 Å². The Balaban J connectivity index is 2.96. The fourth-order valence-corrected chi connectivity index (χ4v) is 3.05. The van der Waals surface area contributed by atoms with Crippen molar-refractivity contribution in [2.75, 3.05) is 0 Å². The highest BCUT2D eigenvalue weighted by Crippen LogP contribution is 2.50. The minimum absolute atomic E-state index is 0.169. The summed E-state index contributed by atoms with van der Waals surface area (Å²) >= 11 is 0. The first-order valence-electron chi connectivity index (χ1n) is 7.76. The number of rotatable bonds is 6. The highest BCUT2D eigenvalue weighted by Gasteiger charge is 2.59. The molecular weight excluding hydrogens is 281 g/mol. The maximum absolute atomic E-state index is 13.4. The minimum atomic E-state index is -4.56. The summed E-state index contributed by atoms with van der Waals surface area (Å²) < 4.78 is 40.3. The van der Waals surface area contributed by atoms with E-state index in [1.54, 1.807) is 6.92 Å². The van der Waals surface area contributed by atoms with Gasteiger partial charge in [-0.1, -0.05) is 40.0 Å². The molecule has 1 aliphatic carbocycles. The summed E-state index contributed by atoms with van der Waals surface area (Å²) in [6, 6.07) is 0. The summed E-state index contributed by atoms with van der Waals surface area (Å²) in [5.74, 6) is -1.28. The monoisotopic (exact) mass is 306 g/mol. The molecule has 0 aromatic heterocycles. The zero-order valence-corrected chi connectivity index (χ0v) is 13.1. The molecule has 0 atom stereocenters. The lowest BCUT2D eigenvalue weighted by molar-refractivity contribution is -0.228. The largest absolute Gasteiger partial charge is 0.401 e. The molecule has 0 aromatic rings. The molecule has 0 aliphatic heterocycles. The molecule has 0 spiro atoms.